The molecular formula is C13H21N3O2. The number of carbonyl (C=O) groups excluding carboxylic acids is 2. The second kappa shape index (κ2) is 4.53. The summed E-state index contributed by atoms with van der Waals surface area (Å²) in [5.74, 6) is 0.628. The molecule has 18 heavy (non-hydrogen) atoms. The zero-order chi connectivity index (χ0) is 12.7. The van der Waals surface area contributed by atoms with E-state index in [0.717, 1.165) is 19.4 Å². The summed E-state index contributed by atoms with van der Waals surface area (Å²) < 4.78 is 0. The van der Waals surface area contributed by atoms with Gasteiger partial charge in [-0.1, -0.05) is 12.8 Å². The second-order valence-electron chi connectivity index (χ2n) is 5.79. The third kappa shape index (κ3) is 1.81. The Morgan fingerprint density at radius 1 is 1.22 bits per heavy atom. The molecule has 5 nitrogen and oxygen atoms in total. The van der Waals surface area contributed by atoms with Crippen molar-refractivity contribution >= 4 is 11.8 Å². The Labute approximate surface area is 107 Å². The molecule has 1 aliphatic carbocycles. The third-order valence-corrected chi connectivity index (χ3v) is 4.60. The van der Waals surface area contributed by atoms with Crippen LogP contribution in [0.2, 0.25) is 0 Å². The lowest BCUT2D eigenvalue weighted by Crippen LogP contribution is -2.70. The van der Waals surface area contributed by atoms with Gasteiger partial charge in [0.2, 0.25) is 11.8 Å². The number of hydrogen-bond donors (Lipinski definition) is 1. The minimum atomic E-state index is -0.189. The minimum absolute atomic E-state index is 0.101. The van der Waals surface area contributed by atoms with Gasteiger partial charge in [0.25, 0.3) is 0 Å². The van der Waals surface area contributed by atoms with Gasteiger partial charge in [0, 0.05) is 20.1 Å². The first-order valence-corrected chi connectivity index (χ1v) is 6.95. The molecule has 1 N–H and O–H groups in total. The van der Waals surface area contributed by atoms with Gasteiger partial charge < -0.3 is 15.1 Å². The maximum atomic E-state index is 12.4. The van der Waals surface area contributed by atoms with Crippen molar-refractivity contribution in [1.29, 1.82) is 0 Å². The van der Waals surface area contributed by atoms with Crippen LogP contribution in [0.15, 0.2) is 0 Å². The average molecular weight is 251 g/mol. The predicted molar refractivity (Wildman–Crippen MR) is 66.9 cm³/mol. The molecule has 2 amide bonds. The van der Waals surface area contributed by atoms with Crippen molar-refractivity contribution in [3.63, 3.8) is 0 Å². The highest BCUT2D eigenvalue weighted by molar-refractivity contribution is 5.90. The molecule has 0 bridgehead atoms. The Morgan fingerprint density at radius 2 is 1.94 bits per heavy atom. The summed E-state index contributed by atoms with van der Waals surface area (Å²) in [5.41, 5.74) is 0. The van der Waals surface area contributed by atoms with Crippen molar-refractivity contribution in [3.8, 4) is 0 Å². The average Bonchev–Trinajstić information content (AvgIpc) is 2.85. The molecule has 3 aliphatic rings. The zero-order valence-corrected chi connectivity index (χ0v) is 10.9. The Balaban J connectivity index is 1.89. The highest BCUT2D eigenvalue weighted by Crippen LogP contribution is 2.34. The van der Waals surface area contributed by atoms with Gasteiger partial charge in [0.1, 0.15) is 6.04 Å². The van der Waals surface area contributed by atoms with Gasteiger partial charge in [-0.3, -0.25) is 9.59 Å². The largest absolute Gasteiger partial charge is 0.342 e. The van der Waals surface area contributed by atoms with Crippen LogP contribution in [0.1, 0.15) is 25.7 Å². The number of amides is 2. The minimum Gasteiger partial charge on any atom is -0.342 e. The van der Waals surface area contributed by atoms with Crippen molar-refractivity contribution in [3.05, 3.63) is 0 Å². The molecule has 3 fully saturated rings. The Hall–Kier alpha value is -1.10. The number of fused-ring (bicyclic) bond motifs is 1. The quantitative estimate of drug-likeness (QED) is 0.703. The zero-order valence-electron chi connectivity index (χ0n) is 10.9. The molecule has 2 atom stereocenters. The number of likely N-dealkylation sites (N-methyl/N-ethyl adjacent to an activating group) is 1. The molecule has 0 aromatic rings. The predicted octanol–water partition coefficient (Wildman–Crippen LogP) is -0.182. The Morgan fingerprint density at radius 3 is 2.67 bits per heavy atom. The van der Waals surface area contributed by atoms with Crippen molar-refractivity contribution < 1.29 is 9.59 Å². The molecular weight excluding hydrogens is 230 g/mol. The summed E-state index contributed by atoms with van der Waals surface area (Å²) in [4.78, 5) is 28.3. The lowest BCUT2D eigenvalue weighted by atomic mass is 9.90. The molecule has 0 aromatic carbocycles. The number of carbonyl (C=O) groups is 2. The van der Waals surface area contributed by atoms with E-state index in [1.54, 1.807) is 0 Å². The lowest BCUT2D eigenvalue weighted by Gasteiger charge is -2.49. The van der Waals surface area contributed by atoms with Gasteiger partial charge in [-0.25, -0.2) is 0 Å². The number of hydrogen-bond acceptors (Lipinski definition) is 3. The SMILES string of the molecule is CN1CC2CNCC(=O)N2C(C2CCCC2)C1=O. The molecule has 5 heteroatoms. The third-order valence-electron chi connectivity index (χ3n) is 4.60. The summed E-state index contributed by atoms with van der Waals surface area (Å²) in [7, 11) is 1.86. The van der Waals surface area contributed by atoms with E-state index in [1.165, 1.54) is 12.8 Å². The fraction of sp³-hybridized carbons (Fsp3) is 0.846. The van der Waals surface area contributed by atoms with Crippen LogP contribution >= 0.6 is 0 Å². The summed E-state index contributed by atoms with van der Waals surface area (Å²) >= 11 is 0. The summed E-state index contributed by atoms with van der Waals surface area (Å²) in [6, 6.07) is -0.0228. The normalized spacial score (nSPS) is 34.1. The van der Waals surface area contributed by atoms with Crippen LogP contribution in [-0.2, 0) is 9.59 Å². The van der Waals surface area contributed by atoms with E-state index in [9.17, 15) is 9.59 Å². The molecule has 3 rings (SSSR count). The van der Waals surface area contributed by atoms with Crippen molar-refractivity contribution in [2.75, 3.05) is 26.7 Å². The van der Waals surface area contributed by atoms with Gasteiger partial charge in [0.15, 0.2) is 0 Å². The van der Waals surface area contributed by atoms with Crippen molar-refractivity contribution in [1.82, 2.24) is 15.1 Å². The highest BCUT2D eigenvalue weighted by atomic mass is 16.2. The van der Waals surface area contributed by atoms with Crippen LogP contribution in [-0.4, -0.2) is 60.4 Å². The maximum absolute atomic E-state index is 12.4. The Kier molecular flexibility index (Phi) is 3.01. The number of rotatable bonds is 1. The molecule has 2 saturated heterocycles. The highest BCUT2D eigenvalue weighted by Gasteiger charge is 2.47. The first-order valence-electron chi connectivity index (χ1n) is 6.95. The van der Waals surface area contributed by atoms with E-state index < -0.39 is 0 Å². The van der Waals surface area contributed by atoms with E-state index in [4.69, 9.17) is 0 Å². The van der Waals surface area contributed by atoms with Crippen molar-refractivity contribution in [2.24, 2.45) is 5.92 Å². The molecule has 2 heterocycles. The number of nitrogens with zero attached hydrogens (tertiary/aromatic N) is 2. The van der Waals surface area contributed by atoms with E-state index in [1.807, 2.05) is 16.8 Å². The van der Waals surface area contributed by atoms with E-state index >= 15 is 0 Å². The molecule has 2 aliphatic heterocycles. The molecule has 0 spiro atoms. The van der Waals surface area contributed by atoms with Gasteiger partial charge in [-0.05, 0) is 18.8 Å². The monoisotopic (exact) mass is 251 g/mol. The maximum Gasteiger partial charge on any atom is 0.245 e. The van der Waals surface area contributed by atoms with E-state index in [0.29, 0.717) is 19.0 Å². The molecule has 100 valence electrons. The van der Waals surface area contributed by atoms with E-state index in [2.05, 4.69) is 5.32 Å². The first-order chi connectivity index (χ1) is 8.68. The summed E-state index contributed by atoms with van der Waals surface area (Å²) in [6.07, 6.45) is 4.58. The first kappa shape index (κ1) is 12.0. The van der Waals surface area contributed by atoms with Crippen LogP contribution < -0.4 is 5.32 Å². The number of piperazine rings is 2. The van der Waals surface area contributed by atoms with Crippen molar-refractivity contribution in [2.45, 2.75) is 37.8 Å². The Bertz CT molecular complexity index is 365. The fourth-order valence-electron chi connectivity index (χ4n) is 3.73. The molecule has 0 radical (unpaired) electrons. The molecule has 0 aromatic heterocycles. The van der Waals surface area contributed by atoms with Gasteiger partial charge in [-0.2, -0.15) is 0 Å². The van der Waals surface area contributed by atoms with Gasteiger partial charge in [-0.15, -0.1) is 0 Å². The number of nitrogens with one attached hydrogen (secondary N) is 1. The topological polar surface area (TPSA) is 52.7 Å². The van der Waals surface area contributed by atoms with Crippen LogP contribution in [0, 0.1) is 5.92 Å². The molecule has 2 unspecified atom stereocenters. The van der Waals surface area contributed by atoms with Crippen LogP contribution in [0.25, 0.3) is 0 Å². The van der Waals surface area contributed by atoms with Crippen LogP contribution in [0.5, 0.6) is 0 Å². The summed E-state index contributed by atoms with van der Waals surface area (Å²) in [5, 5.41) is 3.15. The van der Waals surface area contributed by atoms with Gasteiger partial charge >= 0.3 is 0 Å². The smallest absolute Gasteiger partial charge is 0.245 e. The second-order valence-corrected chi connectivity index (χ2v) is 5.79. The fourth-order valence-corrected chi connectivity index (χ4v) is 3.73. The standard InChI is InChI=1S/C13H21N3O2/c1-15-8-10-6-14-7-11(17)16(10)12(13(15)18)9-4-2-3-5-9/h9-10,12,14H,2-8H2,1H3. The van der Waals surface area contributed by atoms with Gasteiger partial charge in [0.05, 0.1) is 12.6 Å². The molecule has 1 saturated carbocycles. The van der Waals surface area contributed by atoms with E-state index in [-0.39, 0.29) is 23.9 Å². The summed E-state index contributed by atoms with van der Waals surface area (Å²) in [6.45, 7) is 1.87. The lowest BCUT2D eigenvalue weighted by molar-refractivity contribution is -0.159. The van der Waals surface area contributed by atoms with Crippen LogP contribution in [0.4, 0.5) is 0 Å². The van der Waals surface area contributed by atoms with Crippen LogP contribution in [0.3, 0.4) is 0 Å².